The van der Waals surface area contributed by atoms with Crippen molar-refractivity contribution in [1.29, 1.82) is 0 Å². The predicted octanol–water partition coefficient (Wildman–Crippen LogP) is 3.99. The number of nitrogens with zero attached hydrogens (tertiary/aromatic N) is 3. The van der Waals surface area contributed by atoms with Gasteiger partial charge >= 0.3 is 0 Å². The maximum absolute atomic E-state index is 4.69. The molecule has 0 bridgehead atoms. The first-order valence-corrected chi connectivity index (χ1v) is 7.69. The first-order chi connectivity index (χ1) is 8.60. The highest BCUT2D eigenvalue weighted by Gasteiger charge is 2.20. The first-order valence-electron chi connectivity index (χ1n) is 6.89. The molecule has 2 rings (SSSR count). The fraction of sp³-hybridized carbons (Fsp3) is 0.714. The van der Waals surface area contributed by atoms with E-state index in [0.29, 0.717) is 5.92 Å². The van der Waals surface area contributed by atoms with Crippen LogP contribution in [0.3, 0.4) is 0 Å². The van der Waals surface area contributed by atoms with Crippen LogP contribution in [-0.2, 0) is 0 Å². The summed E-state index contributed by atoms with van der Waals surface area (Å²) in [6, 6.07) is 2.04. The lowest BCUT2D eigenvalue weighted by Gasteiger charge is -2.32. The molecule has 100 valence electrons. The maximum Gasteiger partial charge on any atom is 0.134 e. The zero-order valence-corrected chi connectivity index (χ0v) is 13.1. The van der Waals surface area contributed by atoms with Gasteiger partial charge in [-0.1, -0.05) is 27.2 Å². The Hall–Kier alpha value is -0.640. The molecule has 18 heavy (non-hydrogen) atoms. The minimum atomic E-state index is 0.370. The van der Waals surface area contributed by atoms with Gasteiger partial charge in [0.15, 0.2) is 0 Å². The zero-order chi connectivity index (χ0) is 13.1. The lowest BCUT2D eigenvalue weighted by molar-refractivity contribution is 0.393. The number of rotatable bonds is 3. The molecule has 0 aliphatic carbocycles. The molecule has 3 nitrogen and oxygen atoms in total. The average Bonchev–Trinajstić information content (AvgIpc) is 2.38. The van der Waals surface area contributed by atoms with E-state index in [-0.39, 0.29) is 0 Å². The molecule has 1 aromatic rings. The van der Waals surface area contributed by atoms with Crippen LogP contribution in [0.5, 0.6) is 0 Å². The number of halogens is 1. The molecule has 1 fully saturated rings. The van der Waals surface area contributed by atoms with E-state index in [2.05, 4.69) is 46.6 Å². The van der Waals surface area contributed by atoms with E-state index < -0.39 is 0 Å². The fourth-order valence-electron chi connectivity index (χ4n) is 2.41. The van der Waals surface area contributed by atoms with Gasteiger partial charge in [-0.15, -0.1) is 0 Å². The summed E-state index contributed by atoms with van der Waals surface area (Å²) in [7, 11) is 0. The first kappa shape index (κ1) is 13.8. The Labute approximate surface area is 118 Å². The Kier molecular flexibility index (Phi) is 4.60. The molecule has 1 saturated heterocycles. The smallest absolute Gasteiger partial charge is 0.134 e. The summed E-state index contributed by atoms with van der Waals surface area (Å²) in [6.07, 6.45) is 3.88. The van der Waals surface area contributed by atoms with Crippen LogP contribution in [0.25, 0.3) is 0 Å². The van der Waals surface area contributed by atoms with Crippen LogP contribution in [-0.4, -0.2) is 23.1 Å². The number of hydrogen-bond acceptors (Lipinski definition) is 3. The second kappa shape index (κ2) is 6.00. The van der Waals surface area contributed by atoms with Crippen LogP contribution in [0.2, 0.25) is 0 Å². The third kappa shape index (κ3) is 3.22. The van der Waals surface area contributed by atoms with Crippen molar-refractivity contribution < 1.29 is 0 Å². The van der Waals surface area contributed by atoms with Crippen LogP contribution < -0.4 is 4.90 Å². The summed E-state index contributed by atoms with van der Waals surface area (Å²) in [4.78, 5) is 11.5. The standard InChI is InChI=1S/C14H22BrN3/c1-4-11-5-7-18(8-6-11)13-9-12(15)16-14(17-13)10(2)3/h9-11H,4-8H2,1-3H3. The highest BCUT2D eigenvalue weighted by Crippen LogP contribution is 2.26. The monoisotopic (exact) mass is 311 g/mol. The SMILES string of the molecule is CCC1CCN(c2cc(Br)nc(C(C)C)n2)CC1. The molecule has 0 atom stereocenters. The van der Waals surface area contributed by atoms with Crippen LogP contribution in [0.15, 0.2) is 10.7 Å². The zero-order valence-electron chi connectivity index (χ0n) is 11.5. The van der Waals surface area contributed by atoms with Gasteiger partial charge in [-0.3, -0.25) is 0 Å². The predicted molar refractivity (Wildman–Crippen MR) is 79.0 cm³/mol. The van der Waals surface area contributed by atoms with E-state index in [4.69, 9.17) is 4.98 Å². The number of aromatic nitrogens is 2. The molecule has 4 heteroatoms. The Balaban J connectivity index is 2.13. The third-order valence-corrected chi connectivity index (χ3v) is 4.14. The van der Waals surface area contributed by atoms with Crippen molar-refractivity contribution in [2.75, 3.05) is 18.0 Å². The highest BCUT2D eigenvalue weighted by atomic mass is 79.9. The minimum absolute atomic E-state index is 0.370. The van der Waals surface area contributed by atoms with Gasteiger partial charge < -0.3 is 4.90 Å². The van der Waals surface area contributed by atoms with Crippen molar-refractivity contribution in [3.05, 3.63) is 16.5 Å². The second-order valence-corrected chi connectivity index (χ2v) is 6.21. The van der Waals surface area contributed by atoms with Crippen molar-refractivity contribution in [3.8, 4) is 0 Å². The van der Waals surface area contributed by atoms with E-state index >= 15 is 0 Å². The summed E-state index contributed by atoms with van der Waals surface area (Å²) in [5.41, 5.74) is 0. The van der Waals surface area contributed by atoms with E-state index in [1.54, 1.807) is 0 Å². The largest absolute Gasteiger partial charge is 0.356 e. The Morgan fingerprint density at radius 1 is 1.33 bits per heavy atom. The van der Waals surface area contributed by atoms with Crippen LogP contribution in [0, 0.1) is 5.92 Å². The molecule has 0 amide bonds. The Morgan fingerprint density at radius 3 is 2.56 bits per heavy atom. The molecule has 1 aliphatic heterocycles. The van der Waals surface area contributed by atoms with Crippen molar-refractivity contribution in [1.82, 2.24) is 9.97 Å². The highest BCUT2D eigenvalue weighted by molar-refractivity contribution is 9.10. The molecule has 0 saturated carbocycles. The van der Waals surface area contributed by atoms with Gasteiger partial charge in [0.1, 0.15) is 16.2 Å². The van der Waals surface area contributed by atoms with Gasteiger partial charge in [0, 0.05) is 25.1 Å². The van der Waals surface area contributed by atoms with Gasteiger partial charge in [-0.2, -0.15) is 0 Å². The number of piperidine rings is 1. The summed E-state index contributed by atoms with van der Waals surface area (Å²) in [5.74, 6) is 3.28. The van der Waals surface area contributed by atoms with Gasteiger partial charge in [0.05, 0.1) is 0 Å². The molecule has 0 spiro atoms. The molecule has 0 N–H and O–H groups in total. The van der Waals surface area contributed by atoms with Crippen LogP contribution in [0.4, 0.5) is 5.82 Å². The van der Waals surface area contributed by atoms with Crippen molar-refractivity contribution in [3.63, 3.8) is 0 Å². The van der Waals surface area contributed by atoms with Gasteiger partial charge in [0.25, 0.3) is 0 Å². The van der Waals surface area contributed by atoms with E-state index in [1.165, 1.54) is 19.3 Å². The molecule has 0 aromatic carbocycles. The number of anilines is 1. The topological polar surface area (TPSA) is 29.0 Å². The second-order valence-electron chi connectivity index (χ2n) is 5.40. The van der Waals surface area contributed by atoms with Gasteiger partial charge in [0.2, 0.25) is 0 Å². The van der Waals surface area contributed by atoms with Gasteiger partial charge in [-0.25, -0.2) is 9.97 Å². The lowest BCUT2D eigenvalue weighted by atomic mass is 9.94. The van der Waals surface area contributed by atoms with Crippen molar-refractivity contribution >= 4 is 21.7 Å². The Bertz CT molecular complexity index is 398. The fourth-order valence-corrected chi connectivity index (χ4v) is 2.80. The minimum Gasteiger partial charge on any atom is -0.356 e. The summed E-state index contributed by atoms with van der Waals surface area (Å²) in [6.45, 7) is 8.81. The molecule has 1 aromatic heterocycles. The van der Waals surface area contributed by atoms with Crippen molar-refractivity contribution in [2.45, 2.75) is 46.0 Å². The quantitative estimate of drug-likeness (QED) is 0.790. The average molecular weight is 312 g/mol. The van der Waals surface area contributed by atoms with E-state index in [0.717, 1.165) is 35.3 Å². The van der Waals surface area contributed by atoms with Gasteiger partial charge in [-0.05, 0) is 34.7 Å². The summed E-state index contributed by atoms with van der Waals surface area (Å²) in [5, 5.41) is 0. The maximum atomic E-state index is 4.69. The van der Waals surface area contributed by atoms with Crippen molar-refractivity contribution in [2.24, 2.45) is 5.92 Å². The number of hydrogen-bond donors (Lipinski definition) is 0. The molecular weight excluding hydrogens is 290 g/mol. The molecular formula is C14H22BrN3. The molecule has 1 aliphatic rings. The summed E-state index contributed by atoms with van der Waals surface area (Å²) < 4.78 is 0.897. The van der Waals surface area contributed by atoms with E-state index in [1.807, 2.05) is 6.07 Å². The Morgan fingerprint density at radius 2 is 2.00 bits per heavy atom. The van der Waals surface area contributed by atoms with E-state index in [9.17, 15) is 0 Å². The molecule has 2 heterocycles. The lowest BCUT2D eigenvalue weighted by Crippen LogP contribution is -2.34. The van der Waals surface area contributed by atoms with Crippen LogP contribution in [0.1, 0.15) is 51.8 Å². The third-order valence-electron chi connectivity index (χ3n) is 3.73. The summed E-state index contributed by atoms with van der Waals surface area (Å²) >= 11 is 3.50. The molecule has 0 unspecified atom stereocenters. The normalized spacial score (nSPS) is 17.5. The molecule has 0 radical (unpaired) electrons. The van der Waals surface area contributed by atoms with Crippen LogP contribution >= 0.6 is 15.9 Å².